The van der Waals surface area contributed by atoms with Crippen LogP contribution >= 0.6 is 0 Å². The Kier molecular flexibility index (Phi) is 5.43. The number of aromatic nitrogens is 2. The lowest BCUT2D eigenvalue weighted by Crippen LogP contribution is -2.50. The van der Waals surface area contributed by atoms with Crippen LogP contribution in [0.25, 0.3) is 0 Å². The number of hydrogen-bond donors (Lipinski definition) is 0. The van der Waals surface area contributed by atoms with E-state index in [9.17, 15) is 9.59 Å². The standard InChI is InChI=1S/C23H30N4O2/c1-18(2)20-7-5-19(6-8-20)15-25-12-3-9-23(22(25)29)10-14-26(17-23)21(28)16-27-13-4-11-24-27/h4-8,11,13,18H,3,9-10,12,14-17H2,1-2H3/t23-/m0/s1. The summed E-state index contributed by atoms with van der Waals surface area (Å²) in [6, 6.07) is 10.4. The first-order valence-electron chi connectivity index (χ1n) is 10.6. The fourth-order valence-electron chi connectivity index (χ4n) is 4.63. The van der Waals surface area contributed by atoms with Crippen LogP contribution in [0.1, 0.15) is 50.2 Å². The minimum Gasteiger partial charge on any atom is -0.340 e. The maximum Gasteiger partial charge on any atom is 0.244 e. The van der Waals surface area contributed by atoms with Crippen LogP contribution in [0.15, 0.2) is 42.7 Å². The zero-order chi connectivity index (χ0) is 20.4. The number of nitrogens with zero attached hydrogens (tertiary/aromatic N) is 4. The second kappa shape index (κ2) is 8.01. The third-order valence-corrected chi connectivity index (χ3v) is 6.41. The van der Waals surface area contributed by atoms with Crippen LogP contribution in [0, 0.1) is 5.41 Å². The van der Waals surface area contributed by atoms with Crippen molar-refractivity contribution in [2.75, 3.05) is 19.6 Å². The van der Waals surface area contributed by atoms with Gasteiger partial charge in [-0.1, -0.05) is 38.1 Å². The van der Waals surface area contributed by atoms with Gasteiger partial charge in [-0.05, 0) is 42.4 Å². The van der Waals surface area contributed by atoms with E-state index in [2.05, 4.69) is 43.2 Å². The number of piperidine rings is 1. The molecule has 0 unspecified atom stereocenters. The molecule has 1 spiro atoms. The van der Waals surface area contributed by atoms with E-state index in [1.54, 1.807) is 17.1 Å². The van der Waals surface area contributed by atoms with Crippen LogP contribution in [-0.4, -0.2) is 51.0 Å². The number of likely N-dealkylation sites (tertiary alicyclic amines) is 2. The Morgan fingerprint density at radius 2 is 1.97 bits per heavy atom. The van der Waals surface area contributed by atoms with Gasteiger partial charge in [0, 0.05) is 38.6 Å². The molecule has 0 aliphatic carbocycles. The molecular formula is C23H30N4O2. The fraction of sp³-hybridized carbons (Fsp3) is 0.522. The van der Waals surface area contributed by atoms with Gasteiger partial charge in [-0.2, -0.15) is 5.10 Å². The number of rotatable bonds is 5. The maximum atomic E-state index is 13.4. The highest BCUT2D eigenvalue weighted by molar-refractivity contribution is 5.86. The molecule has 29 heavy (non-hydrogen) atoms. The van der Waals surface area contributed by atoms with Crippen LogP contribution in [0.4, 0.5) is 0 Å². The Balaban J connectivity index is 1.41. The average Bonchev–Trinajstić information content (AvgIpc) is 3.37. The molecule has 4 rings (SSSR count). The maximum absolute atomic E-state index is 13.4. The number of amides is 2. The minimum atomic E-state index is -0.407. The molecule has 3 heterocycles. The Hall–Kier alpha value is -2.63. The summed E-state index contributed by atoms with van der Waals surface area (Å²) in [6.45, 7) is 7.26. The normalized spacial score (nSPS) is 22.1. The highest BCUT2D eigenvalue weighted by atomic mass is 16.2. The molecule has 2 fully saturated rings. The summed E-state index contributed by atoms with van der Waals surface area (Å²) in [5, 5.41) is 4.12. The summed E-state index contributed by atoms with van der Waals surface area (Å²) < 4.78 is 1.64. The molecule has 0 N–H and O–H groups in total. The lowest BCUT2D eigenvalue weighted by atomic mass is 9.78. The van der Waals surface area contributed by atoms with Crippen molar-refractivity contribution < 1.29 is 9.59 Å². The van der Waals surface area contributed by atoms with E-state index in [0.29, 0.717) is 25.6 Å². The van der Waals surface area contributed by atoms with E-state index in [4.69, 9.17) is 0 Å². The van der Waals surface area contributed by atoms with Gasteiger partial charge < -0.3 is 9.80 Å². The largest absolute Gasteiger partial charge is 0.340 e. The van der Waals surface area contributed by atoms with Crippen molar-refractivity contribution in [3.05, 3.63) is 53.9 Å². The van der Waals surface area contributed by atoms with Gasteiger partial charge in [0.15, 0.2) is 0 Å². The first kappa shape index (κ1) is 19.7. The number of hydrogen-bond acceptors (Lipinski definition) is 3. The molecule has 1 aromatic carbocycles. The summed E-state index contributed by atoms with van der Waals surface area (Å²) in [6.07, 6.45) is 6.10. The predicted octanol–water partition coefficient (Wildman–Crippen LogP) is 3.05. The van der Waals surface area contributed by atoms with Crippen LogP contribution in [0.3, 0.4) is 0 Å². The lowest BCUT2D eigenvalue weighted by Gasteiger charge is -2.39. The molecule has 1 atom stereocenters. The SMILES string of the molecule is CC(C)c1ccc(CN2CCC[C@@]3(CCN(C(=O)Cn4cccn4)C3)C2=O)cc1. The third-order valence-electron chi connectivity index (χ3n) is 6.41. The first-order valence-corrected chi connectivity index (χ1v) is 10.6. The van der Waals surface area contributed by atoms with Gasteiger partial charge in [-0.3, -0.25) is 14.3 Å². The van der Waals surface area contributed by atoms with Gasteiger partial charge in [0.2, 0.25) is 11.8 Å². The summed E-state index contributed by atoms with van der Waals surface area (Å²) in [5.74, 6) is 0.763. The molecule has 2 aliphatic rings. The van der Waals surface area contributed by atoms with E-state index < -0.39 is 5.41 Å². The third kappa shape index (κ3) is 4.07. The minimum absolute atomic E-state index is 0.0415. The van der Waals surface area contributed by atoms with Crippen LogP contribution < -0.4 is 0 Å². The molecule has 2 saturated heterocycles. The number of benzene rings is 1. The Morgan fingerprint density at radius 3 is 2.66 bits per heavy atom. The van der Waals surface area contributed by atoms with Crippen LogP contribution in [0.2, 0.25) is 0 Å². The summed E-state index contributed by atoms with van der Waals surface area (Å²) in [7, 11) is 0. The molecule has 2 aliphatic heterocycles. The highest BCUT2D eigenvalue weighted by Crippen LogP contribution is 2.40. The lowest BCUT2D eigenvalue weighted by molar-refractivity contribution is -0.146. The molecular weight excluding hydrogens is 364 g/mol. The fourth-order valence-corrected chi connectivity index (χ4v) is 4.63. The first-order chi connectivity index (χ1) is 14.0. The van der Waals surface area contributed by atoms with E-state index >= 15 is 0 Å². The summed E-state index contributed by atoms with van der Waals surface area (Å²) >= 11 is 0. The molecule has 0 radical (unpaired) electrons. The molecule has 0 bridgehead atoms. The average molecular weight is 395 g/mol. The highest BCUT2D eigenvalue weighted by Gasteiger charge is 2.49. The zero-order valence-corrected chi connectivity index (χ0v) is 17.4. The van der Waals surface area contributed by atoms with Crippen molar-refractivity contribution in [2.45, 2.75) is 52.1 Å². The van der Waals surface area contributed by atoms with Crippen molar-refractivity contribution in [1.29, 1.82) is 0 Å². The van der Waals surface area contributed by atoms with Gasteiger partial charge in [0.1, 0.15) is 6.54 Å². The van der Waals surface area contributed by atoms with E-state index in [-0.39, 0.29) is 18.4 Å². The molecule has 2 aromatic rings. The second-order valence-corrected chi connectivity index (χ2v) is 8.78. The topological polar surface area (TPSA) is 58.4 Å². The quantitative estimate of drug-likeness (QED) is 0.783. The molecule has 154 valence electrons. The monoisotopic (exact) mass is 394 g/mol. The van der Waals surface area contributed by atoms with Crippen LogP contribution in [0.5, 0.6) is 0 Å². The number of carbonyl (C=O) groups is 2. The van der Waals surface area contributed by atoms with Crippen LogP contribution in [-0.2, 0) is 22.7 Å². The Bertz CT molecular complexity index is 860. The summed E-state index contributed by atoms with van der Waals surface area (Å²) in [5.41, 5.74) is 2.08. The molecule has 0 saturated carbocycles. The van der Waals surface area contributed by atoms with Crippen molar-refractivity contribution in [1.82, 2.24) is 19.6 Å². The van der Waals surface area contributed by atoms with Gasteiger partial charge in [0.25, 0.3) is 0 Å². The van der Waals surface area contributed by atoms with E-state index in [1.807, 2.05) is 15.9 Å². The van der Waals surface area contributed by atoms with Crippen molar-refractivity contribution in [3.8, 4) is 0 Å². The van der Waals surface area contributed by atoms with Gasteiger partial charge in [-0.25, -0.2) is 0 Å². The second-order valence-electron chi connectivity index (χ2n) is 8.78. The van der Waals surface area contributed by atoms with Crippen molar-refractivity contribution in [3.63, 3.8) is 0 Å². The van der Waals surface area contributed by atoms with Crippen molar-refractivity contribution in [2.24, 2.45) is 5.41 Å². The van der Waals surface area contributed by atoms with Gasteiger partial charge in [-0.15, -0.1) is 0 Å². The predicted molar refractivity (Wildman–Crippen MR) is 111 cm³/mol. The van der Waals surface area contributed by atoms with Gasteiger partial charge in [0.05, 0.1) is 5.41 Å². The zero-order valence-electron chi connectivity index (χ0n) is 17.4. The molecule has 1 aromatic heterocycles. The van der Waals surface area contributed by atoms with E-state index in [0.717, 1.165) is 25.8 Å². The van der Waals surface area contributed by atoms with Gasteiger partial charge >= 0.3 is 0 Å². The summed E-state index contributed by atoms with van der Waals surface area (Å²) in [4.78, 5) is 29.9. The molecule has 2 amide bonds. The Morgan fingerprint density at radius 1 is 1.17 bits per heavy atom. The Labute approximate surface area is 172 Å². The van der Waals surface area contributed by atoms with Crippen molar-refractivity contribution >= 4 is 11.8 Å². The molecule has 6 nitrogen and oxygen atoms in total. The smallest absolute Gasteiger partial charge is 0.244 e. The number of carbonyl (C=O) groups excluding carboxylic acids is 2. The molecule has 6 heteroatoms. The van der Waals surface area contributed by atoms with E-state index in [1.165, 1.54) is 11.1 Å².